The third-order valence-electron chi connectivity index (χ3n) is 4.01. The maximum Gasteiger partial charge on any atom is 0.0946 e. The van der Waals surface area contributed by atoms with Crippen molar-refractivity contribution in [3.8, 4) is 0 Å². The molecule has 0 radical (unpaired) electrons. The normalized spacial score (nSPS) is 35.8. The second-order valence-corrected chi connectivity index (χ2v) is 5.24. The molecule has 0 spiro atoms. The van der Waals surface area contributed by atoms with Crippen molar-refractivity contribution in [2.75, 3.05) is 0 Å². The molecule has 2 saturated heterocycles. The third-order valence-corrected chi connectivity index (χ3v) is 4.01. The summed E-state index contributed by atoms with van der Waals surface area (Å²) in [6, 6.07) is 9.97. The molecule has 0 amide bonds. The summed E-state index contributed by atoms with van der Waals surface area (Å²) in [6.07, 6.45) is 3.98. The van der Waals surface area contributed by atoms with Crippen LogP contribution in [0.25, 0.3) is 5.57 Å². The summed E-state index contributed by atoms with van der Waals surface area (Å²) in [7, 11) is 0. The van der Waals surface area contributed by atoms with Gasteiger partial charge in [0.15, 0.2) is 0 Å². The monoisotopic (exact) mass is 230 g/mol. The van der Waals surface area contributed by atoms with Gasteiger partial charge in [0, 0.05) is 12.8 Å². The summed E-state index contributed by atoms with van der Waals surface area (Å²) < 4.78 is 5.78. The van der Waals surface area contributed by atoms with Gasteiger partial charge in [-0.15, -0.1) is 0 Å². The summed E-state index contributed by atoms with van der Waals surface area (Å²) in [5, 5.41) is 10.8. The number of benzene rings is 1. The number of hydrogen-bond acceptors (Lipinski definition) is 2. The molecule has 0 aromatic heterocycles. The van der Waals surface area contributed by atoms with Crippen LogP contribution in [0.4, 0.5) is 0 Å². The fourth-order valence-corrected chi connectivity index (χ4v) is 3.07. The van der Waals surface area contributed by atoms with Gasteiger partial charge >= 0.3 is 0 Å². The van der Waals surface area contributed by atoms with E-state index < -0.39 is 5.60 Å². The van der Waals surface area contributed by atoms with Crippen LogP contribution in [0, 0.1) is 0 Å². The molecule has 2 bridgehead atoms. The molecule has 2 nitrogen and oxygen atoms in total. The first-order valence-corrected chi connectivity index (χ1v) is 6.30. The maximum atomic E-state index is 10.8. The van der Waals surface area contributed by atoms with Crippen LogP contribution in [0.3, 0.4) is 0 Å². The van der Waals surface area contributed by atoms with Crippen molar-refractivity contribution in [1.29, 1.82) is 0 Å². The van der Waals surface area contributed by atoms with Gasteiger partial charge in [-0.2, -0.15) is 0 Å². The van der Waals surface area contributed by atoms with Crippen molar-refractivity contribution >= 4 is 5.57 Å². The Bertz CT molecular complexity index is 412. The van der Waals surface area contributed by atoms with Gasteiger partial charge in [0.2, 0.25) is 0 Å². The van der Waals surface area contributed by atoms with Crippen LogP contribution in [0.15, 0.2) is 36.9 Å². The average molecular weight is 230 g/mol. The Morgan fingerprint density at radius 3 is 2.35 bits per heavy atom. The molecule has 0 aliphatic carbocycles. The zero-order chi connectivity index (χ0) is 11.9. The molecule has 0 saturated carbocycles. The second-order valence-electron chi connectivity index (χ2n) is 5.24. The smallest absolute Gasteiger partial charge is 0.0946 e. The number of ether oxygens (including phenoxy) is 1. The molecule has 17 heavy (non-hydrogen) atoms. The van der Waals surface area contributed by atoms with Gasteiger partial charge in [0.25, 0.3) is 0 Å². The SMILES string of the molecule is C=C(c1ccccc1)C1(O)CC2CCC(C1)O2. The molecule has 1 N–H and O–H groups in total. The number of fused-ring (bicyclic) bond motifs is 2. The average Bonchev–Trinajstić information content (AvgIpc) is 2.69. The van der Waals surface area contributed by atoms with Crippen LogP contribution < -0.4 is 0 Å². The first kappa shape index (κ1) is 11.0. The van der Waals surface area contributed by atoms with E-state index in [1.54, 1.807) is 0 Å². The van der Waals surface area contributed by atoms with E-state index in [1.165, 1.54) is 0 Å². The molecule has 1 aromatic rings. The van der Waals surface area contributed by atoms with Crippen LogP contribution in [-0.2, 0) is 4.74 Å². The van der Waals surface area contributed by atoms with E-state index in [4.69, 9.17) is 4.74 Å². The molecule has 2 heterocycles. The van der Waals surface area contributed by atoms with Gasteiger partial charge < -0.3 is 9.84 Å². The first-order valence-electron chi connectivity index (χ1n) is 6.30. The second kappa shape index (κ2) is 3.97. The highest BCUT2D eigenvalue weighted by Gasteiger charge is 2.45. The number of aliphatic hydroxyl groups is 1. The van der Waals surface area contributed by atoms with Crippen molar-refractivity contribution in [1.82, 2.24) is 0 Å². The highest BCUT2D eigenvalue weighted by atomic mass is 16.5. The lowest BCUT2D eigenvalue weighted by molar-refractivity contribution is -0.0818. The predicted octanol–water partition coefficient (Wildman–Crippen LogP) is 2.77. The van der Waals surface area contributed by atoms with Crippen LogP contribution in [0.5, 0.6) is 0 Å². The minimum atomic E-state index is -0.772. The fourth-order valence-electron chi connectivity index (χ4n) is 3.07. The molecule has 2 unspecified atom stereocenters. The summed E-state index contributed by atoms with van der Waals surface area (Å²) in [5.74, 6) is 0. The third kappa shape index (κ3) is 1.92. The van der Waals surface area contributed by atoms with Gasteiger partial charge in [-0.25, -0.2) is 0 Å². The molecular weight excluding hydrogens is 212 g/mol. The quantitative estimate of drug-likeness (QED) is 0.846. The maximum absolute atomic E-state index is 10.8. The molecule has 2 atom stereocenters. The fraction of sp³-hybridized carbons (Fsp3) is 0.467. The van der Waals surface area contributed by atoms with Crippen molar-refractivity contribution in [2.45, 2.75) is 43.5 Å². The Morgan fingerprint density at radius 1 is 1.18 bits per heavy atom. The van der Waals surface area contributed by atoms with Crippen LogP contribution in [0.1, 0.15) is 31.2 Å². The molecule has 1 aromatic carbocycles. The Morgan fingerprint density at radius 2 is 1.76 bits per heavy atom. The zero-order valence-corrected chi connectivity index (χ0v) is 9.93. The Labute approximate surface area is 102 Å². The molecule has 90 valence electrons. The van der Waals surface area contributed by atoms with E-state index in [1.807, 2.05) is 30.3 Å². The van der Waals surface area contributed by atoms with Gasteiger partial charge in [-0.1, -0.05) is 36.9 Å². The summed E-state index contributed by atoms with van der Waals surface area (Å²) >= 11 is 0. The molecule has 2 aliphatic heterocycles. The summed E-state index contributed by atoms with van der Waals surface area (Å²) in [5.41, 5.74) is 1.11. The van der Waals surface area contributed by atoms with Crippen LogP contribution >= 0.6 is 0 Å². The molecule has 2 fully saturated rings. The van der Waals surface area contributed by atoms with Crippen molar-refractivity contribution in [3.05, 3.63) is 42.5 Å². The lowest BCUT2D eigenvalue weighted by Gasteiger charge is -2.38. The Balaban J connectivity index is 1.86. The molecular formula is C15H18O2. The first-order chi connectivity index (χ1) is 8.17. The summed E-state index contributed by atoms with van der Waals surface area (Å²) in [4.78, 5) is 0. The molecule has 2 heteroatoms. The lowest BCUT2D eigenvalue weighted by atomic mass is 9.81. The standard InChI is InChI=1S/C15H18O2/c1-11(12-5-3-2-4-6-12)15(16)9-13-7-8-14(10-15)17-13/h2-6,13-14,16H,1,7-10H2. The molecule has 3 rings (SSSR count). The van der Waals surface area contributed by atoms with Crippen LogP contribution in [0.2, 0.25) is 0 Å². The Kier molecular flexibility index (Phi) is 2.57. The lowest BCUT2D eigenvalue weighted by Crippen LogP contribution is -2.41. The van der Waals surface area contributed by atoms with E-state index in [0.717, 1.165) is 24.0 Å². The van der Waals surface area contributed by atoms with E-state index in [2.05, 4.69) is 6.58 Å². The van der Waals surface area contributed by atoms with Gasteiger partial charge in [-0.3, -0.25) is 0 Å². The van der Waals surface area contributed by atoms with Gasteiger partial charge in [-0.05, 0) is 24.0 Å². The molecule has 2 aliphatic rings. The minimum Gasteiger partial charge on any atom is -0.385 e. The van der Waals surface area contributed by atoms with Crippen LogP contribution in [-0.4, -0.2) is 22.9 Å². The highest BCUT2D eigenvalue weighted by Crippen LogP contribution is 2.44. The largest absolute Gasteiger partial charge is 0.385 e. The van der Waals surface area contributed by atoms with Crippen molar-refractivity contribution < 1.29 is 9.84 Å². The van der Waals surface area contributed by atoms with E-state index in [0.29, 0.717) is 12.8 Å². The topological polar surface area (TPSA) is 29.5 Å². The zero-order valence-electron chi connectivity index (χ0n) is 9.93. The summed E-state index contributed by atoms with van der Waals surface area (Å²) in [6.45, 7) is 4.11. The number of hydrogen-bond donors (Lipinski definition) is 1. The van der Waals surface area contributed by atoms with Crippen molar-refractivity contribution in [3.63, 3.8) is 0 Å². The van der Waals surface area contributed by atoms with Gasteiger partial charge in [0.05, 0.1) is 17.8 Å². The minimum absolute atomic E-state index is 0.221. The van der Waals surface area contributed by atoms with E-state index in [-0.39, 0.29) is 12.2 Å². The Hall–Kier alpha value is -1.12. The van der Waals surface area contributed by atoms with Crippen molar-refractivity contribution in [2.24, 2.45) is 0 Å². The number of rotatable bonds is 2. The predicted molar refractivity (Wildman–Crippen MR) is 67.6 cm³/mol. The van der Waals surface area contributed by atoms with E-state index in [9.17, 15) is 5.11 Å². The van der Waals surface area contributed by atoms with E-state index >= 15 is 0 Å². The van der Waals surface area contributed by atoms with Gasteiger partial charge in [0.1, 0.15) is 0 Å². The highest BCUT2D eigenvalue weighted by molar-refractivity contribution is 5.70.